The number of anilines is 2. The minimum atomic E-state index is -0.899. The van der Waals surface area contributed by atoms with Crippen molar-refractivity contribution >= 4 is 23.3 Å². The Morgan fingerprint density at radius 3 is 2.05 bits per heavy atom. The SMILES string of the molecule is N#CC1(C(=O)Nc2ccc(NC(N)=O)cc2)CCCC1. The average Bonchev–Trinajstić information content (AvgIpc) is 2.90. The summed E-state index contributed by atoms with van der Waals surface area (Å²) < 4.78 is 0. The molecule has 1 aromatic rings. The number of hydrogen-bond donors (Lipinski definition) is 3. The monoisotopic (exact) mass is 272 g/mol. The van der Waals surface area contributed by atoms with Gasteiger partial charge >= 0.3 is 6.03 Å². The molecule has 0 aromatic heterocycles. The van der Waals surface area contributed by atoms with Gasteiger partial charge in [-0.1, -0.05) is 12.8 Å². The van der Waals surface area contributed by atoms with Gasteiger partial charge in [-0.05, 0) is 37.1 Å². The Balaban J connectivity index is 2.05. The second-order valence-electron chi connectivity index (χ2n) is 4.92. The summed E-state index contributed by atoms with van der Waals surface area (Å²) in [7, 11) is 0. The quantitative estimate of drug-likeness (QED) is 0.784. The number of benzene rings is 1. The first kappa shape index (κ1) is 13.9. The highest BCUT2D eigenvalue weighted by Gasteiger charge is 2.41. The van der Waals surface area contributed by atoms with Gasteiger partial charge in [-0.25, -0.2) is 4.79 Å². The Hall–Kier alpha value is -2.55. The number of carbonyl (C=O) groups excluding carboxylic acids is 2. The van der Waals surface area contributed by atoms with Gasteiger partial charge < -0.3 is 16.4 Å². The van der Waals surface area contributed by atoms with Gasteiger partial charge in [0.15, 0.2) is 0 Å². The molecule has 1 aromatic carbocycles. The van der Waals surface area contributed by atoms with Gasteiger partial charge in [-0.15, -0.1) is 0 Å². The van der Waals surface area contributed by atoms with Gasteiger partial charge in [0, 0.05) is 11.4 Å². The van der Waals surface area contributed by atoms with E-state index < -0.39 is 11.4 Å². The number of nitrogens with two attached hydrogens (primary N) is 1. The van der Waals surface area contributed by atoms with E-state index in [1.54, 1.807) is 24.3 Å². The number of rotatable bonds is 3. The van der Waals surface area contributed by atoms with E-state index in [0.717, 1.165) is 12.8 Å². The molecule has 1 aliphatic rings. The third kappa shape index (κ3) is 2.88. The molecule has 0 bridgehead atoms. The molecule has 6 heteroatoms. The second kappa shape index (κ2) is 5.61. The van der Waals surface area contributed by atoms with Gasteiger partial charge in [0.1, 0.15) is 5.41 Å². The van der Waals surface area contributed by atoms with Crippen molar-refractivity contribution in [2.45, 2.75) is 25.7 Å². The van der Waals surface area contributed by atoms with Crippen LogP contribution in [-0.4, -0.2) is 11.9 Å². The molecule has 0 unspecified atom stereocenters. The van der Waals surface area contributed by atoms with Crippen LogP contribution in [0.5, 0.6) is 0 Å². The van der Waals surface area contributed by atoms with E-state index >= 15 is 0 Å². The number of nitriles is 1. The van der Waals surface area contributed by atoms with E-state index in [-0.39, 0.29) is 5.91 Å². The fourth-order valence-corrected chi connectivity index (χ4v) is 2.40. The van der Waals surface area contributed by atoms with Crippen molar-refractivity contribution in [1.82, 2.24) is 0 Å². The maximum Gasteiger partial charge on any atom is 0.316 e. The van der Waals surface area contributed by atoms with Crippen LogP contribution in [0, 0.1) is 16.7 Å². The van der Waals surface area contributed by atoms with E-state index in [1.165, 1.54) is 0 Å². The van der Waals surface area contributed by atoms with E-state index in [9.17, 15) is 14.9 Å². The normalized spacial score (nSPS) is 16.1. The van der Waals surface area contributed by atoms with E-state index in [4.69, 9.17) is 5.73 Å². The van der Waals surface area contributed by atoms with Crippen molar-refractivity contribution in [3.63, 3.8) is 0 Å². The zero-order valence-electron chi connectivity index (χ0n) is 11.0. The number of nitrogens with one attached hydrogen (secondary N) is 2. The van der Waals surface area contributed by atoms with Crippen molar-refractivity contribution < 1.29 is 9.59 Å². The molecule has 6 nitrogen and oxygen atoms in total. The van der Waals surface area contributed by atoms with Gasteiger partial charge in [0.2, 0.25) is 5.91 Å². The summed E-state index contributed by atoms with van der Waals surface area (Å²) in [5, 5.41) is 14.4. The minimum Gasteiger partial charge on any atom is -0.351 e. The van der Waals surface area contributed by atoms with Gasteiger partial charge in [-0.2, -0.15) is 5.26 Å². The maximum absolute atomic E-state index is 12.2. The molecule has 0 heterocycles. The second-order valence-corrected chi connectivity index (χ2v) is 4.92. The van der Waals surface area contributed by atoms with Gasteiger partial charge in [0.25, 0.3) is 0 Å². The highest BCUT2D eigenvalue weighted by Crippen LogP contribution is 2.38. The molecule has 0 atom stereocenters. The van der Waals surface area contributed by atoms with Crippen LogP contribution >= 0.6 is 0 Å². The Morgan fingerprint density at radius 2 is 1.60 bits per heavy atom. The molecule has 4 N–H and O–H groups in total. The van der Waals surface area contributed by atoms with Crippen LogP contribution in [0.4, 0.5) is 16.2 Å². The summed E-state index contributed by atoms with van der Waals surface area (Å²) in [4.78, 5) is 22.9. The van der Waals surface area contributed by atoms with Crippen molar-refractivity contribution in [2.75, 3.05) is 10.6 Å². The first-order valence-electron chi connectivity index (χ1n) is 6.45. The number of primary amides is 1. The Kier molecular flexibility index (Phi) is 3.89. The highest BCUT2D eigenvalue weighted by molar-refractivity contribution is 5.97. The fraction of sp³-hybridized carbons (Fsp3) is 0.357. The lowest BCUT2D eigenvalue weighted by Crippen LogP contribution is -2.32. The van der Waals surface area contributed by atoms with Crippen LogP contribution in [0.15, 0.2) is 24.3 Å². The van der Waals surface area contributed by atoms with E-state index in [2.05, 4.69) is 16.7 Å². The van der Waals surface area contributed by atoms with Crippen LogP contribution in [0.1, 0.15) is 25.7 Å². The summed E-state index contributed by atoms with van der Waals surface area (Å²) in [5.74, 6) is -0.256. The molecule has 104 valence electrons. The maximum atomic E-state index is 12.2. The Morgan fingerprint density at radius 1 is 1.10 bits per heavy atom. The topological polar surface area (TPSA) is 108 Å². The zero-order chi connectivity index (χ0) is 14.6. The van der Waals surface area contributed by atoms with Crippen LogP contribution in [0.2, 0.25) is 0 Å². The third-order valence-electron chi connectivity index (χ3n) is 3.52. The van der Waals surface area contributed by atoms with Gasteiger partial charge in [0.05, 0.1) is 6.07 Å². The fourth-order valence-electron chi connectivity index (χ4n) is 2.40. The van der Waals surface area contributed by atoms with Crippen LogP contribution in [0.25, 0.3) is 0 Å². The predicted octanol–water partition coefficient (Wildman–Crippen LogP) is 2.20. The van der Waals surface area contributed by atoms with Crippen molar-refractivity contribution in [2.24, 2.45) is 11.1 Å². The number of carbonyl (C=O) groups is 2. The largest absolute Gasteiger partial charge is 0.351 e. The molecule has 1 aliphatic carbocycles. The number of hydrogen-bond acceptors (Lipinski definition) is 3. The Bertz CT molecular complexity index is 554. The van der Waals surface area contributed by atoms with Crippen LogP contribution in [-0.2, 0) is 4.79 Å². The molecular formula is C14H16N4O2. The van der Waals surface area contributed by atoms with Gasteiger partial charge in [-0.3, -0.25) is 4.79 Å². The summed E-state index contributed by atoms with van der Waals surface area (Å²) in [6.45, 7) is 0. The molecule has 0 spiro atoms. The molecule has 20 heavy (non-hydrogen) atoms. The molecule has 1 fully saturated rings. The predicted molar refractivity (Wildman–Crippen MR) is 74.8 cm³/mol. The molecule has 0 saturated heterocycles. The lowest BCUT2D eigenvalue weighted by Gasteiger charge is -2.19. The molecule has 0 aliphatic heterocycles. The smallest absolute Gasteiger partial charge is 0.316 e. The molecule has 2 rings (SSSR count). The average molecular weight is 272 g/mol. The molecule has 0 radical (unpaired) electrons. The molecule has 1 saturated carbocycles. The van der Waals surface area contributed by atoms with Crippen molar-refractivity contribution in [1.29, 1.82) is 5.26 Å². The Labute approximate surface area is 117 Å². The number of nitrogens with zero attached hydrogens (tertiary/aromatic N) is 1. The first-order chi connectivity index (χ1) is 9.55. The number of amides is 3. The first-order valence-corrected chi connectivity index (χ1v) is 6.45. The van der Waals surface area contributed by atoms with E-state index in [1.807, 2.05) is 0 Å². The molecule has 3 amide bonds. The van der Waals surface area contributed by atoms with Crippen LogP contribution in [0.3, 0.4) is 0 Å². The highest BCUT2D eigenvalue weighted by atomic mass is 16.2. The van der Waals surface area contributed by atoms with Crippen molar-refractivity contribution in [3.8, 4) is 6.07 Å². The summed E-state index contributed by atoms with van der Waals surface area (Å²) in [6.07, 6.45) is 3.03. The zero-order valence-corrected chi connectivity index (χ0v) is 11.0. The third-order valence-corrected chi connectivity index (χ3v) is 3.52. The summed E-state index contributed by atoms with van der Waals surface area (Å²) in [5.41, 5.74) is 5.24. The number of urea groups is 1. The summed E-state index contributed by atoms with van der Waals surface area (Å²) in [6, 6.07) is 8.08. The minimum absolute atomic E-state index is 0.256. The summed E-state index contributed by atoms with van der Waals surface area (Å²) >= 11 is 0. The molecular weight excluding hydrogens is 256 g/mol. The van der Waals surface area contributed by atoms with Crippen molar-refractivity contribution in [3.05, 3.63) is 24.3 Å². The lowest BCUT2D eigenvalue weighted by atomic mass is 9.87. The standard InChI is InChI=1S/C14H16N4O2/c15-9-14(7-1-2-8-14)12(19)17-10-3-5-11(6-4-10)18-13(16)20/h3-6H,1-2,7-8H2,(H,17,19)(H3,16,18,20). The van der Waals surface area contributed by atoms with E-state index in [0.29, 0.717) is 24.2 Å². The van der Waals surface area contributed by atoms with Crippen LogP contribution < -0.4 is 16.4 Å². The lowest BCUT2D eigenvalue weighted by molar-refractivity contribution is -0.122.